The molecular formula is C17H25IN4OS. The molecule has 0 saturated heterocycles. The van der Waals surface area contributed by atoms with Crippen molar-refractivity contribution in [3.8, 4) is 5.75 Å². The van der Waals surface area contributed by atoms with Crippen LogP contribution in [0.25, 0.3) is 0 Å². The van der Waals surface area contributed by atoms with E-state index in [1.54, 1.807) is 25.5 Å². The number of ether oxygens (including phenoxy) is 1. The number of aryl methyl sites for hydroxylation is 1. The van der Waals surface area contributed by atoms with Gasteiger partial charge in [0, 0.05) is 24.7 Å². The lowest BCUT2D eigenvalue weighted by atomic mass is 10.1. The first-order chi connectivity index (χ1) is 11.2. The molecule has 0 radical (unpaired) electrons. The van der Waals surface area contributed by atoms with Gasteiger partial charge in [0.1, 0.15) is 10.8 Å². The van der Waals surface area contributed by atoms with Crippen LogP contribution in [0.3, 0.4) is 0 Å². The van der Waals surface area contributed by atoms with E-state index in [2.05, 4.69) is 39.7 Å². The van der Waals surface area contributed by atoms with Crippen molar-refractivity contribution in [2.45, 2.75) is 26.3 Å². The van der Waals surface area contributed by atoms with E-state index < -0.39 is 0 Å². The predicted octanol–water partition coefficient (Wildman–Crippen LogP) is 3.24. The van der Waals surface area contributed by atoms with Crippen molar-refractivity contribution >= 4 is 41.3 Å². The summed E-state index contributed by atoms with van der Waals surface area (Å²) in [4.78, 5) is 9.95. The number of hydrogen-bond acceptors (Lipinski definition) is 4. The molecule has 0 aliphatic heterocycles. The lowest BCUT2D eigenvalue weighted by Gasteiger charge is -2.11. The SMILES string of the molecule is CCc1cnc(CNC(=NC)NCCc2ccc(OC)cc2)s1.I. The fraction of sp³-hybridized carbons (Fsp3) is 0.412. The molecule has 0 unspecified atom stereocenters. The van der Waals surface area contributed by atoms with Gasteiger partial charge in [-0.2, -0.15) is 0 Å². The Bertz CT molecular complexity index is 628. The molecule has 1 heterocycles. The molecule has 0 aliphatic rings. The molecule has 2 N–H and O–H groups in total. The molecular weight excluding hydrogens is 435 g/mol. The van der Waals surface area contributed by atoms with Crippen LogP contribution in [0.1, 0.15) is 22.4 Å². The highest BCUT2D eigenvalue weighted by molar-refractivity contribution is 14.0. The normalized spacial score (nSPS) is 10.9. The van der Waals surface area contributed by atoms with Gasteiger partial charge in [-0.25, -0.2) is 4.98 Å². The van der Waals surface area contributed by atoms with Crippen LogP contribution in [0.5, 0.6) is 5.75 Å². The molecule has 0 bridgehead atoms. The minimum Gasteiger partial charge on any atom is -0.497 e. The van der Waals surface area contributed by atoms with E-state index in [9.17, 15) is 0 Å². The van der Waals surface area contributed by atoms with E-state index in [4.69, 9.17) is 4.74 Å². The van der Waals surface area contributed by atoms with Gasteiger partial charge in [0.2, 0.25) is 0 Å². The van der Waals surface area contributed by atoms with Crippen LogP contribution in [0.15, 0.2) is 35.5 Å². The van der Waals surface area contributed by atoms with Gasteiger partial charge in [-0.3, -0.25) is 4.99 Å². The fourth-order valence-corrected chi connectivity index (χ4v) is 2.89. The number of rotatable bonds is 7. The molecule has 0 aliphatic carbocycles. The van der Waals surface area contributed by atoms with Crippen molar-refractivity contribution in [1.29, 1.82) is 0 Å². The Kier molecular flexibility index (Phi) is 9.70. The van der Waals surface area contributed by atoms with Crippen LogP contribution in [-0.4, -0.2) is 31.6 Å². The van der Waals surface area contributed by atoms with Crippen molar-refractivity contribution in [2.75, 3.05) is 20.7 Å². The molecule has 5 nitrogen and oxygen atoms in total. The Hall–Kier alpha value is -1.35. The van der Waals surface area contributed by atoms with Crippen LogP contribution < -0.4 is 15.4 Å². The molecule has 2 rings (SSSR count). The lowest BCUT2D eigenvalue weighted by Crippen LogP contribution is -2.37. The van der Waals surface area contributed by atoms with E-state index in [0.29, 0.717) is 6.54 Å². The Labute approximate surface area is 165 Å². The van der Waals surface area contributed by atoms with Crippen molar-refractivity contribution in [3.63, 3.8) is 0 Å². The molecule has 0 saturated carbocycles. The number of nitrogens with one attached hydrogen (secondary N) is 2. The first-order valence-electron chi connectivity index (χ1n) is 7.76. The van der Waals surface area contributed by atoms with Crippen LogP contribution in [0.2, 0.25) is 0 Å². The highest BCUT2D eigenvalue weighted by atomic mass is 127. The third kappa shape index (κ3) is 6.64. The topological polar surface area (TPSA) is 58.5 Å². The number of guanidine groups is 1. The van der Waals surface area contributed by atoms with Crippen molar-refractivity contribution in [3.05, 3.63) is 45.9 Å². The summed E-state index contributed by atoms with van der Waals surface area (Å²) in [7, 11) is 3.46. The van der Waals surface area contributed by atoms with Gasteiger partial charge >= 0.3 is 0 Å². The number of nitrogens with zero attached hydrogens (tertiary/aromatic N) is 2. The quantitative estimate of drug-likeness (QED) is 0.379. The summed E-state index contributed by atoms with van der Waals surface area (Å²) in [6.45, 7) is 3.67. The maximum Gasteiger partial charge on any atom is 0.191 e. The summed E-state index contributed by atoms with van der Waals surface area (Å²) < 4.78 is 5.16. The van der Waals surface area contributed by atoms with E-state index in [0.717, 1.165) is 36.1 Å². The van der Waals surface area contributed by atoms with Gasteiger partial charge in [0.05, 0.1) is 13.7 Å². The van der Waals surface area contributed by atoms with Crippen LogP contribution in [-0.2, 0) is 19.4 Å². The minimum atomic E-state index is 0. The molecule has 0 fully saturated rings. The maximum absolute atomic E-state index is 5.16. The minimum absolute atomic E-state index is 0. The van der Waals surface area contributed by atoms with Crippen molar-refractivity contribution < 1.29 is 4.74 Å². The standard InChI is InChI=1S/C17H24N4OS.HI/c1-4-15-11-20-16(23-15)12-21-17(18-2)19-10-9-13-5-7-14(22-3)8-6-13;/h5-8,11H,4,9-10,12H2,1-3H3,(H2,18,19,21);1H. The van der Waals surface area contributed by atoms with Crippen LogP contribution >= 0.6 is 35.3 Å². The number of hydrogen-bond donors (Lipinski definition) is 2. The van der Waals surface area contributed by atoms with Crippen molar-refractivity contribution in [1.82, 2.24) is 15.6 Å². The molecule has 1 aromatic heterocycles. The van der Waals surface area contributed by atoms with E-state index in [1.807, 2.05) is 18.3 Å². The largest absolute Gasteiger partial charge is 0.497 e. The van der Waals surface area contributed by atoms with Crippen molar-refractivity contribution in [2.24, 2.45) is 4.99 Å². The highest BCUT2D eigenvalue weighted by Gasteiger charge is 2.03. The summed E-state index contributed by atoms with van der Waals surface area (Å²) in [6, 6.07) is 8.13. The summed E-state index contributed by atoms with van der Waals surface area (Å²) in [5.74, 6) is 1.68. The Morgan fingerprint density at radius 3 is 2.58 bits per heavy atom. The Morgan fingerprint density at radius 1 is 1.25 bits per heavy atom. The first kappa shape index (κ1) is 20.7. The predicted molar refractivity (Wildman–Crippen MR) is 112 cm³/mol. The summed E-state index contributed by atoms with van der Waals surface area (Å²) in [5.41, 5.74) is 1.27. The summed E-state index contributed by atoms with van der Waals surface area (Å²) in [5, 5.41) is 7.70. The van der Waals surface area contributed by atoms with Gasteiger partial charge in [-0.05, 0) is 30.5 Å². The highest BCUT2D eigenvalue weighted by Crippen LogP contribution is 2.13. The molecule has 7 heteroatoms. The molecule has 132 valence electrons. The number of benzene rings is 1. The van der Waals surface area contributed by atoms with Gasteiger partial charge in [0.25, 0.3) is 0 Å². The van der Waals surface area contributed by atoms with Crippen LogP contribution in [0.4, 0.5) is 0 Å². The number of aromatic nitrogens is 1. The second kappa shape index (κ2) is 11.2. The third-order valence-electron chi connectivity index (χ3n) is 3.45. The average molecular weight is 460 g/mol. The zero-order valence-electron chi connectivity index (χ0n) is 14.3. The molecule has 0 atom stereocenters. The lowest BCUT2D eigenvalue weighted by molar-refractivity contribution is 0.414. The van der Waals surface area contributed by atoms with E-state index in [-0.39, 0.29) is 24.0 Å². The van der Waals surface area contributed by atoms with Crippen LogP contribution in [0, 0.1) is 0 Å². The smallest absolute Gasteiger partial charge is 0.191 e. The van der Waals surface area contributed by atoms with Gasteiger partial charge < -0.3 is 15.4 Å². The van der Waals surface area contributed by atoms with Gasteiger partial charge in [-0.1, -0.05) is 19.1 Å². The fourth-order valence-electron chi connectivity index (χ4n) is 2.09. The zero-order valence-corrected chi connectivity index (χ0v) is 17.5. The van der Waals surface area contributed by atoms with Gasteiger partial charge in [-0.15, -0.1) is 35.3 Å². The maximum atomic E-state index is 5.16. The molecule has 24 heavy (non-hydrogen) atoms. The Morgan fingerprint density at radius 2 is 2.00 bits per heavy atom. The zero-order chi connectivity index (χ0) is 16.5. The summed E-state index contributed by atoms with van der Waals surface area (Å²) >= 11 is 1.74. The second-order valence-corrected chi connectivity index (χ2v) is 6.22. The average Bonchev–Trinajstić information content (AvgIpc) is 3.06. The molecule has 0 spiro atoms. The number of aliphatic imine (C=N–C) groups is 1. The molecule has 2 aromatic rings. The number of halogens is 1. The third-order valence-corrected chi connectivity index (χ3v) is 4.59. The summed E-state index contributed by atoms with van der Waals surface area (Å²) in [6.07, 6.45) is 3.91. The number of methoxy groups -OCH3 is 1. The Balaban J connectivity index is 0.00000288. The van der Waals surface area contributed by atoms with Gasteiger partial charge in [0.15, 0.2) is 5.96 Å². The monoisotopic (exact) mass is 460 g/mol. The molecule has 0 amide bonds. The second-order valence-electron chi connectivity index (χ2n) is 5.02. The van der Waals surface area contributed by atoms with E-state index >= 15 is 0 Å². The molecule has 1 aromatic carbocycles. The number of thiazole rings is 1. The van der Waals surface area contributed by atoms with E-state index in [1.165, 1.54) is 10.4 Å². The first-order valence-corrected chi connectivity index (χ1v) is 8.57.